The molecule has 2 N–H and O–H groups in total. The number of carbonyl (C=O) groups is 2. The Morgan fingerprint density at radius 2 is 1.51 bits per heavy atom. The van der Waals surface area contributed by atoms with Gasteiger partial charge in [-0.15, -0.1) is 0 Å². The van der Waals surface area contributed by atoms with Gasteiger partial charge in [-0.05, 0) is 36.2 Å². The van der Waals surface area contributed by atoms with Crippen molar-refractivity contribution in [3.05, 3.63) is 89.5 Å². The van der Waals surface area contributed by atoms with Crippen LogP contribution in [0.15, 0.2) is 72.8 Å². The van der Waals surface area contributed by atoms with Crippen LogP contribution in [0.1, 0.15) is 101 Å². The van der Waals surface area contributed by atoms with E-state index < -0.39 is 12.1 Å². The molecule has 0 bridgehead atoms. The molecule has 7 nitrogen and oxygen atoms in total. The van der Waals surface area contributed by atoms with Gasteiger partial charge in [0, 0.05) is 36.6 Å². The van der Waals surface area contributed by atoms with E-state index in [1.807, 2.05) is 30.3 Å². The van der Waals surface area contributed by atoms with Crippen LogP contribution >= 0.6 is 0 Å². The SMILES string of the molecule is CCCCCCCCCCCC(=O)Oc1ccc(C=CC(O)c2ccc(O)cc2OCc2ccccc2)c(OC(C)=O)c1. The van der Waals surface area contributed by atoms with Crippen LogP contribution in [-0.4, -0.2) is 22.2 Å². The van der Waals surface area contributed by atoms with Crippen molar-refractivity contribution in [2.45, 2.75) is 90.8 Å². The highest BCUT2D eigenvalue weighted by molar-refractivity contribution is 5.75. The highest BCUT2D eigenvalue weighted by atomic mass is 16.5. The van der Waals surface area contributed by atoms with Crippen LogP contribution in [0.2, 0.25) is 0 Å². The fraction of sp³-hybridized carbons (Fsp3) is 0.389. The van der Waals surface area contributed by atoms with Gasteiger partial charge >= 0.3 is 11.9 Å². The maximum absolute atomic E-state index is 12.4. The molecule has 0 aliphatic rings. The second-order valence-corrected chi connectivity index (χ2v) is 10.6. The summed E-state index contributed by atoms with van der Waals surface area (Å²) in [5.74, 6) is -0.00610. The number of aromatic hydroxyl groups is 1. The summed E-state index contributed by atoms with van der Waals surface area (Å²) in [4.78, 5) is 24.2. The van der Waals surface area contributed by atoms with Gasteiger partial charge in [0.15, 0.2) is 0 Å². The fourth-order valence-electron chi connectivity index (χ4n) is 4.65. The minimum atomic E-state index is -1.08. The minimum Gasteiger partial charge on any atom is -0.508 e. The standard InChI is InChI=1S/C36H44O7/c1-3-4-5-6-7-8-9-10-14-17-36(40)43-31-21-18-29(34(25-31)42-27(2)37)19-23-33(39)32-22-20-30(38)24-35(32)41-26-28-15-12-11-13-16-28/h11-13,15-16,18-25,33,38-39H,3-10,14,17,26H2,1-2H3. The summed E-state index contributed by atoms with van der Waals surface area (Å²) in [5.41, 5.74) is 1.92. The number of unbranched alkanes of at least 4 members (excludes halogenated alkanes) is 8. The number of aliphatic hydroxyl groups excluding tert-OH is 1. The molecule has 0 radical (unpaired) electrons. The molecule has 0 amide bonds. The Morgan fingerprint density at radius 1 is 0.814 bits per heavy atom. The van der Waals surface area contributed by atoms with E-state index in [1.54, 1.807) is 24.3 Å². The Bertz CT molecular complexity index is 1320. The molecule has 230 valence electrons. The number of esters is 2. The summed E-state index contributed by atoms with van der Waals surface area (Å²) >= 11 is 0. The molecule has 0 aromatic heterocycles. The Kier molecular flexibility index (Phi) is 14.3. The maximum Gasteiger partial charge on any atom is 0.311 e. The molecule has 1 atom stereocenters. The van der Waals surface area contributed by atoms with Crippen LogP contribution in [0.25, 0.3) is 6.08 Å². The van der Waals surface area contributed by atoms with Crippen LogP contribution in [0.3, 0.4) is 0 Å². The van der Waals surface area contributed by atoms with E-state index in [-0.39, 0.29) is 29.8 Å². The van der Waals surface area contributed by atoms with Crippen molar-refractivity contribution in [2.24, 2.45) is 0 Å². The van der Waals surface area contributed by atoms with Crippen LogP contribution < -0.4 is 14.2 Å². The molecule has 0 aliphatic heterocycles. The first-order valence-electron chi connectivity index (χ1n) is 15.2. The number of rotatable bonds is 18. The number of benzene rings is 3. The monoisotopic (exact) mass is 588 g/mol. The lowest BCUT2D eigenvalue weighted by molar-refractivity contribution is -0.134. The quantitative estimate of drug-likeness (QED) is 0.0873. The molecule has 3 rings (SSSR count). The third-order valence-electron chi connectivity index (χ3n) is 6.97. The maximum atomic E-state index is 12.4. The summed E-state index contributed by atoms with van der Waals surface area (Å²) in [6, 6.07) is 18.9. The zero-order valence-corrected chi connectivity index (χ0v) is 25.3. The van der Waals surface area contributed by atoms with Gasteiger partial charge < -0.3 is 24.4 Å². The highest BCUT2D eigenvalue weighted by Crippen LogP contribution is 2.32. The third-order valence-corrected chi connectivity index (χ3v) is 6.97. The smallest absolute Gasteiger partial charge is 0.311 e. The third kappa shape index (κ3) is 12.3. The Labute approximate surface area is 255 Å². The van der Waals surface area contributed by atoms with Crippen molar-refractivity contribution in [3.63, 3.8) is 0 Å². The van der Waals surface area contributed by atoms with Crippen molar-refractivity contribution in [1.29, 1.82) is 0 Å². The molecule has 0 heterocycles. The Hall–Kier alpha value is -4.10. The lowest BCUT2D eigenvalue weighted by Gasteiger charge is -2.15. The average molecular weight is 589 g/mol. The van der Waals surface area contributed by atoms with Gasteiger partial charge in [-0.25, -0.2) is 0 Å². The number of carbonyl (C=O) groups excluding carboxylic acids is 2. The molecule has 0 saturated heterocycles. The molecular formula is C36H44O7. The lowest BCUT2D eigenvalue weighted by Crippen LogP contribution is -2.08. The van der Waals surface area contributed by atoms with Gasteiger partial charge in [0.1, 0.15) is 35.7 Å². The van der Waals surface area contributed by atoms with Crippen molar-refractivity contribution in [3.8, 4) is 23.0 Å². The molecule has 7 heteroatoms. The zero-order chi connectivity index (χ0) is 30.9. The van der Waals surface area contributed by atoms with Crippen molar-refractivity contribution in [1.82, 2.24) is 0 Å². The van der Waals surface area contributed by atoms with E-state index in [0.29, 0.717) is 23.3 Å². The minimum absolute atomic E-state index is 0.0167. The Balaban J connectivity index is 1.59. The van der Waals surface area contributed by atoms with E-state index in [4.69, 9.17) is 14.2 Å². The largest absolute Gasteiger partial charge is 0.508 e. The number of ether oxygens (including phenoxy) is 3. The molecule has 3 aromatic rings. The molecule has 3 aromatic carbocycles. The van der Waals surface area contributed by atoms with E-state index in [2.05, 4.69) is 6.92 Å². The lowest BCUT2D eigenvalue weighted by atomic mass is 10.1. The van der Waals surface area contributed by atoms with Gasteiger partial charge in [-0.3, -0.25) is 9.59 Å². The Morgan fingerprint density at radius 3 is 2.21 bits per heavy atom. The van der Waals surface area contributed by atoms with E-state index in [0.717, 1.165) is 24.8 Å². The van der Waals surface area contributed by atoms with Crippen LogP contribution in [0.5, 0.6) is 23.0 Å². The van der Waals surface area contributed by atoms with Gasteiger partial charge in [-0.2, -0.15) is 0 Å². The molecule has 0 aliphatic carbocycles. The van der Waals surface area contributed by atoms with Gasteiger partial charge in [0.05, 0.1) is 0 Å². The summed E-state index contributed by atoms with van der Waals surface area (Å²) in [7, 11) is 0. The summed E-state index contributed by atoms with van der Waals surface area (Å²) in [6.45, 7) is 3.77. The van der Waals surface area contributed by atoms with E-state index in [9.17, 15) is 19.8 Å². The van der Waals surface area contributed by atoms with E-state index in [1.165, 1.54) is 69.7 Å². The molecule has 0 spiro atoms. The molecule has 0 fully saturated rings. The van der Waals surface area contributed by atoms with Crippen molar-refractivity contribution >= 4 is 18.0 Å². The topological polar surface area (TPSA) is 102 Å². The second-order valence-electron chi connectivity index (χ2n) is 10.6. The van der Waals surface area contributed by atoms with Crippen LogP contribution in [0, 0.1) is 0 Å². The van der Waals surface area contributed by atoms with Crippen molar-refractivity contribution < 1.29 is 34.0 Å². The van der Waals surface area contributed by atoms with E-state index >= 15 is 0 Å². The highest BCUT2D eigenvalue weighted by Gasteiger charge is 2.14. The first kappa shape index (κ1) is 33.4. The van der Waals surface area contributed by atoms with Crippen LogP contribution in [0.4, 0.5) is 0 Å². The van der Waals surface area contributed by atoms with Crippen LogP contribution in [-0.2, 0) is 16.2 Å². The van der Waals surface area contributed by atoms with Gasteiger partial charge in [0.2, 0.25) is 0 Å². The molecule has 1 unspecified atom stereocenters. The number of hydrogen-bond acceptors (Lipinski definition) is 7. The average Bonchev–Trinajstić information content (AvgIpc) is 2.99. The number of hydrogen-bond donors (Lipinski definition) is 2. The number of aliphatic hydroxyl groups is 1. The van der Waals surface area contributed by atoms with Gasteiger partial charge in [-0.1, -0.05) is 101 Å². The summed E-state index contributed by atoms with van der Waals surface area (Å²) in [6.07, 6.45) is 12.9. The first-order valence-corrected chi connectivity index (χ1v) is 15.2. The molecular weight excluding hydrogens is 544 g/mol. The first-order chi connectivity index (χ1) is 20.9. The summed E-state index contributed by atoms with van der Waals surface area (Å²) in [5, 5.41) is 20.9. The molecule has 0 saturated carbocycles. The normalized spacial score (nSPS) is 11.8. The van der Waals surface area contributed by atoms with Crippen molar-refractivity contribution in [2.75, 3.05) is 0 Å². The fourth-order valence-corrected chi connectivity index (χ4v) is 4.65. The van der Waals surface area contributed by atoms with Gasteiger partial charge in [0.25, 0.3) is 0 Å². The molecule has 43 heavy (non-hydrogen) atoms. The predicted molar refractivity (Wildman–Crippen MR) is 168 cm³/mol. The predicted octanol–water partition coefficient (Wildman–Crippen LogP) is 8.47. The number of phenolic OH excluding ortho intramolecular Hbond substituents is 1. The summed E-state index contributed by atoms with van der Waals surface area (Å²) < 4.78 is 16.8. The second kappa shape index (κ2) is 18.4. The zero-order valence-electron chi connectivity index (χ0n) is 25.3. The number of phenols is 1.